The van der Waals surface area contributed by atoms with Gasteiger partial charge in [-0.05, 0) is 18.8 Å². The van der Waals surface area contributed by atoms with Crippen LogP contribution in [-0.4, -0.2) is 25.8 Å². The van der Waals surface area contributed by atoms with E-state index in [1.165, 1.54) is 7.11 Å². The SMILES string of the molecule is CCCCC(OCCC(C)C)C(=O)OC. The van der Waals surface area contributed by atoms with Gasteiger partial charge in [-0.1, -0.05) is 33.6 Å². The molecule has 0 N–H and O–H groups in total. The number of carbonyl (C=O) groups excluding carboxylic acids is 1. The van der Waals surface area contributed by atoms with Crippen molar-refractivity contribution in [1.29, 1.82) is 0 Å². The van der Waals surface area contributed by atoms with Crippen LogP contribution in [0.15, 0.2) is 0 Å². The predicted molar refractivity (Wildman–Crippen MR) is 60.7 cm³/mol. The molecule has 0 rings (SSSR count). The minimum absolute atomic E-state index is 0.243. The third-order valence-corrected chi connectivity index (χ3v) is 2.30. The fourth-order valence-electron chi connectivity index (χ4n) is 1.24. The molecule has 0 aromatic rings. The molecule has 15 heavy (non-hydrogen) atoms. The van der Waals surface area contributed by atoms with Crippen molar-refractivity contribution in [3.8, 4) is 0 Å². The van der Waals surface area contributed by atoms with Crippen LogP contribution in [0.4, 0.5) is 0 Å². The van der Waals surface area contributed by atoms with E-state index in [1.807, 2.05) is 0 Å². The molecule has 1 atom stereocenters. The van der Waals surface area contributed by atoms with Gasteiger partial charge in [-0.15, -0.1) is 0 Å². The number of methoxy groups -OCH3 is 1. The summed E-state index contributed by atoms with van der Waals surface area (Å²) in [5.74, 6) is 0.363. The monoisotopic (exact) mass is 216 g/mol. The molecule has 3 heteroatoms. The van der Waals surface area contributed by atoms with Crippen LogP contribution in [-0.2, 0) is 14.3 Å². The molecule has 1 unspecified atom stereocenters. The van der Waals surface area contributed by atoms with Gasteiger partial charge in [-0.25, -0.2) is 4.79 Å². The van der Waals surface area contributed by atoms with Crippen molar-refractivity contribution in [1.82, 2.24) is 0 Å². The molecule has 0 bridgehead atoms. The topological polar surface area (TPSA) is 35.5 Å². The fourth-order valence-corrected chi connectivity index (χ4v) is 1.24. The van der Waals surface area contributed by atoms with Gasteiger partial charge < -0.3 is 9.47 Å². The summed E-state index contributed by atoms with van der Waals surface area (Å²) in [5.41, 5.74) is 0. The van der Waals surface area contributed by atoms with Crippen LogP contribution < -0.4 is 0 Å². The highest BCUT2D eigenvalue weighted by molar-refractivity contribution is 5.74. The summed E-state index contributed by atoms with van der Waals surface area (Å²) in [6, 6.07) is 0. The van der Waals surface area contributed by atoms with E-state index < -0.39 is 0 Å². The number of carbonyl (C=O) groups is 1. The van der Waals surface area contributed by atoms with Gasteiger partial charge in [0.1, 0.15) is 0 Å². The Hall–Kier alpha value is -0.570. The maximum absolute atomic E-state index is 11.3. The molecule has 90 valence electrons. The standard InChI is InChI=1S/C12H24O3/c1-5-6-7-11(12(13)14-4)15-9-8-10(2)3/h10-11H,5-9H2,1-4H3. The van der Waals surface area contributed by atoms with E-state index in [1.54, 1.807) is 0 Å². The Balaban J connectivity index is 3.84. The molecule has 0 aliphatic rings. The van der Waals surface area contributed by atoms with Crippen LogP contribution in [0, 0.1) is 5.92 Å². The van der Waals surface area contributed by atoms with Crippen LogP contribution >= 0.6 is 0 Å². The molecule has 0 aliphatic carbocycles. The second kappa shape index (κ2) is 8.72. The first kappa shape index (κ1) is 14.4. The number of esters is 1. The van der Waals surface area contributed by atoms with Gasteiger partial charge in [0.15, 0.2) is 6.10 Å². The second-order valence-corrected chi connectivity index (χ2v) is 4.21. The summed E-state index contributed by atoms with van der Waals surface area (Å²) in [6.45, 7) is 7.02. The number of hydrogen-bond acceptors (Lipinski definition) is 3. The van der Waals surface area contributed by atoms with Crippen LogP contribution in [0.3, 0.4) is 0 Å². The molecule has 0 saturated carbocycles. The smallest absolute Gasteiger partial charge is 0.334 e. The first-order valence-electron chi connectivity index (χ1n) is 5.81. The molecule has 0 amide bonds. The summed E-state index contributed by atoms with van der Waals surface area (Å²) < 4.78 is 10.2. The number of rotatable bonds is 8. The molecule has 0 aromatic heterocycles. The number of unbranched alkanes of at least 4 members (excludes halogenated alkanes) is 1. The van der Waals surface area contributed by atoms with Crippen molar-refractivity contribution in [3.63, 3.8) is 0 Å². The van der Waals surface area contributed by atoms with Gasteiger partial charge in [-0.2, -0.15) is 0 Å². The molecule has 0 saturated heterocycles. The first-order valence-corrected chi connectivity index (χ1v) is 5.81. The number of ether oxygens (including phenoxy) is 2. The van der Waals surface area contributed by atoms with Gasteiger partial charge in [0.2, 0.25) is 0 Å². The van der Waals surface area contributed by atoms with Crippen molar-refractivity contribution in [2.75, 3.05) is 13.7 Å². The highest BCUT2D eigenvalue weighted by Crippen LogP contribution is 2.09. The molecular weight excluding hydrogens is 192 g/mol. The highest BCUT2D eigenvalue weighted by atomic mass is 16.6. The van der Waals surface area contributed by atoms with E-state index in [9.17, 15) is 4.79 Å². The molecular formula is C12H24O3. The average molecular weight is 216 g/mol. The van der Waals surface area contributed by atoms with E-state index in [4.69, 9.17) is 9.47 Å². The summed E-state index contributed by atoms with van der Waals surface area (Å²) in [5, 5.41) is 0. The lowest BCUT2D eigenvalue weighted by atomic mass is 10.1. The van der Waals surface area contributed by atoms with E-state index in [-0.39, 0.29) is 12.1 Å². The minimum Gasteiger partial charge on any atom is -0.467 e. The average Bonchev–Trinajstić information content (AvgIpc) is 2.21. The lowest BCUT2D eigenvalue weighted by molar-refractivity contribution is -0.154. The Morgan fingerprint density at radius 3 is 2.40 bits per heavy atom. The van der Waals surface area contributed by atoms with Crippen molar-refractivity contribution in [2.45, 2.75) is 52.6 Å². The molecule has 0 aliphatic heterocycles. The van der Waals surface area contributed by atoms with Gasteiger partial charge in [0, 0.05) is 6.61 Å². The van der Waals surface area contributed by atoms with E-state index in [0.717, 1.165) is 25.7 Å². The Morgan fingerprint density at radius 2 is 1.93 bits per heavy atom. The van der Waals surface area contributed by atoms with Crippen LogP contribution in [0.1, 0.15) is 46.5 Å². The second-order valence-electron chi connectivity index (χ2n) is 4.21. The number of hydrogen-bond donors (Lipinski definition) is 0. The summed E-state index contributed by atoms with van der Waals surface area (Å²) in [7, 11) is 1.41. The zero-order chi connectivity index (χ0) is 11.7. The zero-order valence-electron chi connectivity index (χ0n) is 10.4. The Kier molecular flexibility index (Phi) is 8.38. The predicted octanol–water partition coefficient (Wildman–Crippen LogP) is 2.78. The minimum atomic E-state index is -0.367. The normalized spacial score (nSPS) is 12.9. The van der Waals surface area contributed by atoms with Crippen LogP contribution in [0.25, 0.3) is 0 Å². The Labute approximate surface area is 93.1 Å². The van der Waals surface area contributed by atoms with Gasteiger partial charge in [0.25, 0.3) is 0 Å². The quantitative estimate of drug-likeness (QED) is 0.585. The Morgan fingerprint density at radius 1 is 1.27 bits per heavy atom. The largest absolute Gasteiger partial charge is 0.467 e. The highest BCUT2D eigenvalue weighted by Gasteiger charge is 2.18. The van der Waals surface area contributed by atoms with E-state index in [0.29, 0.717) is 12.5 Å². The maximum atomic E-state index is 11.3. The van der Waals surface area contributed by atoms with Crippen LogP contribution in [0.5, 0.6) is 0 Å². The van der Waals surface area contributed by atoms with Gasteiger partial charge in [0.05, 0.1) is 7.11 Å². The first-order chi connectivity index (χ1) is 7.11. The third-order valence-electron chi connectivity index (χ3n) is 2.30. The fraction of sp³-hybridized carbons (Fsp3) is 0.917. The molecule has 3 nitrogen and oxygen atoms in total. The van der Waals surface area contributed by atoms with Crippen molar-refractivity contribution >= 4 is 5.97 Å². The van der Waals surface area contributed by atoms with Gasteiger partial charge in [-0.3, -0.25) is 0 Å². The summed E-state index contributed by atoms with van der Waals surface area (Å²) >= 11 is 0. The zero-order valence-corrected chi connectivity index (χ0v) is 10.4. The molecule has 0 spiro atoms. The summed E-state index contributed by atoms with van der Waals surface area (Å²) in [6.07, 6.45) is 3.46. The Bertz CT molecular complexity index is 166. The maximum Gasteiger partial charge on any atom is 0.334 e. The molecule has 0 heterocycles. The van der Waals surface area contributed by atoms with Crippen molar-refractivity contribution < 1.29 is 14.3 Å². The van der Waals surface area contributed by atoms with Crippen molar-refractivity contribution in [2.24, 2.45) is 5.92 Å². The third kappa shape index (κ3) is 7.37. The molecule has 0 aromatic carbocycles. The lowest BCUT2D eigenvalue weighted by Crippen LogP contribution is -2.26. The van der Waals surface area contributed by atoms with Gasteiger partial charge >= 0.3 is 5.97 Å². The van der Waals surface area contributed by atoms with Crippen LogP contribution in [0.2, 0.25) is 0 Å². The molecule has 0 fully saturated rings. The van der Waals surface area contributed by atoms with E-state index in [2.05, 4.69) is 20.8 Å². The van der Waals surface area contributed by atoms with E-state index >= 15 is 0 Å². The summed E-state index contributed by atoms with van der Waals surface area (Å²) in [4.78, 5) is 11.3. The molecule has 0 radical (unpaired) electrons. The lowest BCUT2D eigenvalue weighted by Gasteiger charge is -2.15. The van der Waals surface area contributed by atoms with Crippen molar-refractivity contribution in [3.05, 3.63) is 0 Å².